The van der Waals surface area contributed by atoms with Crippen LogP contribution >= 0.6 is 0 Å². The first-order valence-corrected chi connectivity index (χ1v) is 13.2. The number of hydrogen-bond donors (Lipinski definition) is 0. The lowest BCUT2D eigenvalue weighted by Gasteiger charge is -2.32. The van der Waals surface area contributed by atoms with Crippen LogP contribution in [0.2, 0.25) is 0 Å². The van der Waals surface area contributed by atoms with Gasteiger partial charge in [0.05, 0.1) is 17.8 Å². The highest BCUT2D eigenvalue weighted by Gasteiger charge is 2.51. The Hall–Kier alpha value is -3.09. The van der Waals surface area contributed by atoms with Crippen molar-refractivity contribution in [2.75, 3.05) is 18.1 Å². The molecule has 3 fully saturated rings. The molecule has 6 rings (SSSR count). The van der Waals surface area contributed by atoms with Crippen LogP contribution in [0.3, 0.4) is 0 Å². The number of ether oxygens (including phenoxy) is 2. The van der Waals surface area contributed by atoms with Crippen molar-refractivity contribution < 1.29 is 23.5 Å². The van der Waals surface area contributed by atoms with Gasteiger partial charge >= 0.3 is 6.09 Å². The van der Waals surface area contributed by atoms with Crippen LogP contribution < -0.4 is 9.64 Å². The molecule has 0 bridgehead atoms. The van der Waals surface area contributed by atoms with Gasteiger partial charge in [0.2, 0.25) is 5.91 Å². The van der Waals surface area contributed by atoms with E-state index in [0.29, 0.717) is 12.2 Å². The first-order valence-electron chi connectivity index (χ1n) is 13.2. The molecule has 190 valence electrons. The summed E-state index contributed by atoms with van der Waals surface area (Å²) in [5.41, 5.74) is 4.17. The topological polar surface area (TPSA) is 59.1 Å². The smallest absolute Gasteiger partial charge is 0.416 e. The monoisotopic (exact) mass is 492 g/mol. The summed E-state index contributed by atoms with van der Waals surface area (Å²) in [7, 11) is 0. The molecule has 2 aliphatic heterocycles. The van der Waals surface area contributed by atoms with Crippen molar-refractivity contribution in [2.24, 2.45) is 11.8 Å². The molecule has 0 radical (unpaired) electrons. The molecule has 2 aromatic carbocycles. The quantitative estimate of drug-likeness (QED) is 0.539. The largest absolute Gasteiger partial charge is 0.490 e. The van der Waals surface area contributed by atoms with Crippen LogP contribution in [0.5, 0.6) is 5.75 Å². The van der Waals surface area contributed by atoms with Crippen LogP contribution in [-0.2, 0) is 22.5 Å². The van der Waals surface area contributed by atoms with Gasteiger partial charge in [-0.1, -0.05) is 32.0 Å². The number of amides is 2. The van der Waals surface area contributed by atoms with E-state index < -0.39 is 6.09 Å². The molecule has 7 heteroatoms. The van der Waals surface area contributed by atoms with E-state index >= 15 is 0 Å². The summed E-state index contributed by atoms with van der Waals surface area (Å²) in [5.74, 6) is 0.547. The summed E-state index contributed by atoms with van der Waals surface area (Å²) >= 11 is 0. The highest BCUT2D eigenvalue weighted by atomic mass is 19.1. The lowest BCUT2D eigenvalue weighted by molar-refractivity contribution is -0.131. The average molecular weight is 493 g/mol. The average Bonchev–Trinajstić information content (AvgIpc) is 3.55. The van der Waals surface area contributed by atoms with E-state index in [9.17, 15) is 14.0 Å². The molecular formula is C29H33FN2O4. The van der Waals surface area contributed by atoms with Crippen molar-refractivity contribution in [3.05, 3.63) is 58.9 Å². The van der Waals surface area contributed by atoms with Gasteiger partial charge in [0, 0.05) is 25.1 Å². The maximum absolute atomic E-state index is 14.7. The molecule has 36 heavy (non-hydrogen) atoms. The predicted molar refractivity (Wildman–Crippen MR) is 134 cm³/mol. The molecule has 2 saturated carbocycles. The van der Waals surface area contributed by atoms with Crippen LogP contribution in [-0.4, -0.2) is 42.2 Å². The molecule has 4 aliphatic rings. The van der Waals surface area contributed by atoms with Gasteiger partial charge in [-0.2, -0.15) is 0 Å². The van der Waals surface area contributed by atoms with Gasteiger partial charge in [-0.25, -0.2) is 14.1 Å². The zero-order chi connectivity index (χ0) is 25.0. The molecule has 2 amide bonds. The third-order valence-corrected chi connectivity index (χ3v) is 8.30. The molecule has 3 atom stereocenters. The van der Waals surface area contributed by atoms with Crippen LogP contribution in [0, 0.1) is 17.7 Å². The van der Waals surface area contributed by atoms with Crippen LogP contribution in [0.1, 0.15) is 62.1 Å². The van der Waals surface area contributed by atoms with Crippen molar-refractivity contribution in [1.29, 1.82) is 0 Å². The number of carbonyl (C=O) groups excluding carboxylic acids is 2. The van der Waals surface area contributed by atoms with Crippen molar-refractivity contribution in [3.63, 3.8) is 0 Å². The predicted octanol–water partition coefficient (Wildman–Crippen LogP) is 5.43. The summed E-state index contributed by atoms with van der Waals surface area (Å²) in [6, 6.07) is 11.3. The summed E-state index contributed by atoms with van der Waals surface area (Å²) < 4.78 is 25.9. The van der Waals surface area contributed by atoms with E-state index in [-0.39, 0.29) is 48.2 Å². The van der Waals surface area contributed by atoms with E-state index in [2.05, 4.69) is 23.1 Å². The van der Waals surface area contributed by atoms with E-state index in [1.807, 2.05) is 19.9 Å². The molecule has 0 spiro atoms. The molecule has 1 saturated heterocycles. The van der Waals surface area contributed by atoms with Crippen molar-refractivity contribution in [2.45, 2.75) is 70.6 Å². The fraction of sp³-hybridized carbons (Fsp3) is 0.517. The number of fused-ring (bicyclic) bond motifs is 1. The van der Waals surface area contributed by atoms with Gasteiger partial charge in [-0.15, -0.1) is 0 Å². The maximum atomic E-state index is 14.7. The Morgan fingerprint density at radius 2 is 1.97 bits per heavy atom. The first kappa shape index (κ1) is 23.3. The van der Waals surface area contributed by atoms with Crippen LogP contribution in [0.15, 0.2) is 36.4 Å². The third-order valence-electron chi connectivity index (χ3n) is 8.30. The number of halogens is 1. The van der Waals surface area contributed by atoms with Gasteiger partial charge in [-0.05, 0) is 72.8 Å². The SMILES string of the molecule is CC(C)[C@H]1COC(=O)N1C(=O)[C@@H]1C[C@H]1c1ccc2c(c1)CCN(c1cc(OC3CCC3)ccc1F)C2. The van der Waals surface area contributed by atoms with Crippen LogP contribution in [0.4, 0.5) is 14.9 Å². The number of imide groups is 1. The second-order valence-electron chi connectivity index (χ2n) is 11.0. The summed E-state index contributed by atoms with van der Waals surface area (Å²) in [4.78, 5) is 28.8. The van der Waals surface area contributed by atoms with Crippen LogP contribution in [0.25, 0.3) is 0 Å². The molecule has 2 aliphatic carbocycles. The van der Waals surface area contributed by atoms with E-state index in [1.54, 1.807) is 6.07 Å². The standard InChI is InChI=1S/C29H33FN2O4/c1-17(2)27-16-35-29(34)32(27)28(33)24-14-23(24)19-6-7-20-15-31(11-10-18(20)12-19)26-13-22(8-9-25(26)30)36-21-4-3-5-21/h6-9,12-13,17,21,23-24,27H,3-5,10-11,14-16H2,1-2H3/t23-,24+,27+/m0/s1. The van der Waals surface area contributed by atoms with Crippen molar-refractivity contribution in [1.82, 2.24) is 4.90 Å². The van der Waals surface area contributed by atoms with Gasteiger partial charge in [0.25, 0.3) is 0 Å². The Morgan fingerprint density at radius 1 is 1.14 bits per heavy atom. The highest BCUT2D eigenvalue weighted by Crippen LogP contribution is 2.50. The van der Waals surface area contributed by atoms with Gasteiger partial charge < -0.3 is 14.4 Å². The Bertz CT molecular complexity index is 1190. The Balaban J connectivity index is 1.14. The second-order valence-corrected chi connectivity index (χ2v) is 11.0. The van der Waals surface area contributed by atoms with E-state index in [0.717, 1.165) is 43.5 Å². The van der Waals surface area contributed by atoms with Crippen molar-refractivity contribution in [3.8, 4) is 5.75 Å². The fourth-order valence-electron chi connectivity index (χ4n) is 5.69. The Labute approximate surface area is 211 Å². The number of nitrogens with zero attached hydrogens (tertiary/aromatic N) is 2. The molecule has 0 unspecified atom stereocenters. The lowest BCUT2D eigenvalue weighted by atomic mass is 9.94. The zero-order valence-corrected chi connectivity index (χ0v) is 20.9. The van der Waals surface area contributed by atoms with E-state index in [4.69, 9.17) is 9.47 Å². The maximum Gasteiger partial charge on any atom is 0.416 e. The lowest BCUT2D eigenvalue weighted by Crippen LogP contribution is -2.42. The first-order chi connectivity index (χ1) is 17.4. The molecule has 2 heterocycles. The van der Waals surface area contributed by atoms with Crippen molar-refractivity contribution >= 4 is 17.7 Å². The minimum absolute atomic E-state index is 0.107. The Kier molecular flexibility index (Phi) is 5.89. The normalized spacial score (nSPS) is 25.4. The summed E-state index contributed by atoms with van der Waals surface area (Å²) in [6.07, 6.45) is 4.66. The van der Waals surface area contributed by atoms with Gasteiger partial charge in [0.1, 0.15) is 18.2 Å². The van der Waals surface area contributed by atoms with E-state index in [1.165, 1.54) is 28.5 Å². The zero-order valence-electron chi connectivity index (χ0n) is 20.9. The number of carbonyl (C=O) groups is 2. The number of rotatable bonds is 6. The van der Waals surface area contributed by atoms with Gasteiger partial charge in [0.15, 0.2) is 0 Å². The molecule has 0 N–H and O–H groups in total. The molecule has 2 aromatic rings. The molecule has 0 aromatic heterocycles. The Morgan fingerprint density at radius 3 is 2.72 bits per heavy atom. The second kappa shape index (κ2) is 9.09. The summed E-state index contributed by atoms with van der Waals surface area (Å²) in [5, 5.41) is 0. The minimum atomic E-state index is -0.510. The third kappa shape index (κ3) is 4.22. The highest BCUT2D eigenvalue weighted by molar-refractivity contribution is 5.96. The minimum Gasteiger partial charge on any atom is -0.490 e. The molecular weight excluding hydrogens is 459 g/mol. The summed E-state index contributed by atoms with van der Waals surface area (Å²) in [6.45, 7) is 5.66. The molecule has 6 nitrogen and oxygen atoms in total. The van der Waals surface area contributed by atoms with Gasteiger partial charge in [-0.3, -0.25) is 4.79 Å². The fourth-order valence-corrected chi connectivity index (χ4v) is 5.69. The number of cyclic esters (lactones) is 1. The number of benzene rings is 2. The number of anilines is 1. The number of hydrogen-bond acceptors (Lipinski definition) is 5.